The van der Waals surface area contributed by atoms with E-state index in [-0.39, 0.29) is 11.8 Å². The first kappa shape index (κ1) is 20.9. The van der Waals surface area contributed by atoms with Crippen LogP contribution >= 0.6 is 0 Å². The van der Waals surface area contributed by atoms with E-state index in [0.29, 0.717) is 6.54 Å². The van der Waals surface area contributed by atoms with Gasteiger partial charge in [0.15, 0.2) is 6.20 Å². The molecule has 0 saturated heterocycles. The minimum Gasteiger partial charge on any atom is -0.481 e. The number of nitrogens with zero attached hydrogens (tertiary/aromatic N) is 2. The number of aryl methyl sites for hydroxylation is 1. The van der Waals surface area contributed by atoms with Crippen molar-refractivity contribution in [2.75, 3.05) is 11.4 Å². The lowest BCUT2D eigenvalue weighted by Gasteiger charge is -2.26. The van der Waals surface area contributed by atoms with Gasteiger partial charge in [-0.2, -0.15) is 4.57 Å². The molecule has 4 nitrogen and oxygen atoms in total. The van der Waals surface area contributed by atoms with Crippen LogP contribution in [0, 0.1) is 0 Å². The van der Waals surface area contributed by atoms with Gasteiger partial charge < -0.3 is 10.0 Å². The summed E-state index contributed by atoms with van der Waals surface area (Å²) in [5.74, 6) is -0.780. The number of hydrogen-bond acceptors (Lipinski definition) is 2. The second-order valence-corrected chi connectivity index (χ2v) is 8.42. The smallest absolute Gasteiger partial charge is 0.305 e. The number of pyridine rings is 1. The van der Waals surface area contributed by atoms with E-state index in [1.807, 2.05) is 12.1 Å². The summed E-state index contributed by atoms with van der Waals surface area (Å²) in [6.45, 7) is 7.94. The molecule has 0 radical (unpaired) electrons. The number of anilines is 1. The standard InChI is InChI=1S/C27H28N2O2/c1-4-28-18-16-20(21-11-5-7-13-23(21)28)10-9-15-25-27(2,3)22-12-6-8-14-24(22)29(25)19-17-26(30)31/h5-16,18H,4,17,19H2,1-3H3/p+1. The monoisotopic (exact) mass is 413 g/mol. The highest BCUT2D eigenvalue weighted by molar-refractivity contribution is 5.85. The van der Waals surface area contributed by atoms with Crippen LogP contribution in [0.25, 0.3) is 17.0 Å². The maximum atomic E-state index is 11.2. The van der Waals surface area contributed by atoms with E-state index in [2.05, 4.69) is 97.1 Å². The van der Waals surface area contributed by atoms with E-state index in [1.165, 1.54) is 22.0 Å². The molecule has 2 aromatic carbocycles. The number of benzene rings is 2. The van der Waals surface area contributed by atoms with Gasteiger partial charge in [-0.1, -0.05) is 56.3 Å². The molecule has 0 atom stereocenters. The van der Waals surface area contributed by atoms with Gasteiger partial charge in [-0.05, 0) is 36.3 Å². The number of carboxylic acid groups (broad SMARTS) is 1. The number of aromatic nitrogens is 1. The largest absolute Gasteiger partial charge is 0.481 e. The summed E-state index contributed by atoms with van der Waals surface area (Å²) in [4.78, 5) is 13.4. The van der Waals surface area contributed by atoms with E-state index in [0.717, 1.165) is 17.9 Å². The second-order valence-electron chi connectivity index (χ2n) is 8.42. The molecular weight excluding hydrogens is 384 g/mol. The van der Waals surface area contributed by atoms with Gasteiger partial charge in [-0.15, -0.1) is 0 Å². The zero-order chi connectivity index (χ0) is 22.0. The molecule has 1 N–H and O–H groups in total. The quantitative estimate of drug-likeness (QED) is 0.557. The normalized spacial score (nSPS) is 16.4. The Labute approximate surface area is 183 Å². The third kappa shape index (κ3) is 3.86. The molecule has 0 amide bonds. The molecule has 4 heteroatoms. The number of para-hydroxylation sites is 2. The van der Waals surface area contributed by atoms with Crippen LogP contribution in [0.4, 0.5) is 5.69 Å². The first-order chi connectivity index (χ1) is 14.9. The molecule has 0 spiro atoms. The summed E-state index contributed by atoms with van der Waals surface area (Å²) in [7, 11) is 0. The summed E-state index contributed by atoms with van der Waals surface area (Å²) in [5.41, 5.74) is 5.65. The Bertz CT molecular complexity index is 1190. The molecule has 0 unspecified atom stereocenters. The lowest BCUT2D eigenvalue weighted by Crippen LogP contribution is -2.32. The molecular formula is C27H29N2O2+. The van der Waals surface area contributed by atoms with Crippen LogP contribution in [0.3, 0.4) is 0 Å². The van der Waals surface area contributed by atoms with Crippen molar-refractivity contribution in [1.82, 2.24) is 0 Å². The lowest BCUT2D eigenvalue weighted by atomic mass is 9.83. The number of fused-ring (bicyclic) bond motifs is 2. The van der Waals surface area contributed by atoms with Crippen molar-refractivity contribution < 1.29 is 14.5 Å². The van der Waals surface area contributed by atoms with E-state index >= 15 is 0 Å². The summed E-state index contributed by atoms with van der Waals surface area (Å²) < 4.78 is 2.25. The Morgan fingerprint density at radius 2 is 1.84 bits per heavy atom. The van der Waals surface area contributed by atoms with E-state index in [1.54, 1.807) is 0 Å². The molecule has 1 aliphatic heterocycles. The minimum absolute atomic E-state index is 0.103. The second kappa shape index (κ2) is 8.38. The van der Waals surface area contributed by atoms with Crippen molar-refractivity contribution >= 4 is 28.6 Å². The zero-order valence-electron chi connectivity index (χ0n) is 18.4. The van der Waals surface area contributed by atoms with Gasteiger partial charge in [0.1, 0.15) is 6.54 Å². The zero-order valence-corrected chi connectivity index (χ0v) is 18.4. The van der Waals surface area contributed by atoms with Crippen molar-refractivity contribution in [2.24, 2.45) is 0 Å². The third-order valence-electron chi connectivity index (χ3n) is 6.18. The van der Waals surface area contributed by atoms with Crippen molar-refractivity contribution in [3.05, 3.63) is 89.8 Å². The lowest BCUT2D eigenvalue weighted by molar-refractivity contribution is -0.667. The van der Waals surface area contributed by atoms with Crippen LogP contribution < -0.4 is 9.47 Å². The predicted molar refractivity (Wildman–Crippen MR) is 126 cm³/mol. The molecule has 0 aliphatic carbocycles. The maximum Gasteiger partial charge on any atom is 0.305 e. The number of rotatable bonds is 6. The average molecular weight is 414 g/mol. The molecule has 0 saturated carbocycles. The summed E-state index contributed by atoms with van der Waals surface area (Å²) in [5, 5.41) is 10.5. The maximum absolute atomic E-state index is 11.2. The highest BCUT2D eigenvalue weighted by Gasteiger charge is 2.39. The number of aliphatic carboxylic acids is 1. The molecule has 158 valence electrons. The van der Waals surface area contributed by atoms with E-state index in [9.17, 15) is 9.90 Å². The van der Waals surface area contributed by atoms with Crippen molar-refractivity contribution in [2.45, 2.75) is 39.2 Å². The van der Waals surface area contributed by atoms with Crippen LogP contribution in [-0.4, -0.2) is 17.6 Å². The molecule has 0 bridgehead atoms. The van der Waals surface area contributed by atoms with Gasteiger partial charge >= 0.3 is 5.97 Å². The van der Waals surface area contributed by atoms with Gasteiger partial charge in [-0.3, -0.25) is 4.79 Å². The first-order valence-electron chi connectivity index (χ1n) is 10.8. The Kier molecular flexibility index (Phi) is 5.64. The van der Waals surface area contributed by atoms with Gasteiger partial charge in [0, 0.05) is 35.5 Å². The fraction of sp³-hybridized carbons (Fsp3) is 0.259. The predicted octanol–water partition coefficient (Wildman–Crippen LogP) is 5.32. The highest BCUT2D eigenvalue weighted by Crippen LogP contribution is 2.47. The van der Waals surface area contributed by atoms with E-state index < -0.39 is 5.97 Å². The Balaban J connectivity index is 1.73. The fourth-order valence-corrected chi connectivity index (χ4v) is 4.56. The molecule has 1 aromatic heterocycles. The van der Waals surface area contributed by atoms with Crippen LogP contribution in [-0.2, 0) is 16.8 Å². The Morgan fingerprint density at radius 3 is 2.61 bits per heavy atom. The number of hydrogen-bond donors (Lipinski definition) is 1. The SMILES string of the molecule is CC[n+]1ccc(/C=C/C=C2\N(CCC(=O)O)c3ccccc3C2(C)C)c2ccccc21. The molecule has 0 fully saturated rings. The number of carbonyl (C=O) groups is 1. The van der Waals surface area contributed by atoms with Gasteiger partial charge in [0.05, 0.1) is 11.8 Å². The Morgan fingerprint density at radius 1 is 1.10 bits per heavy atom. The highest BCUT2D eigenvalue weighted by atomic mass is 16.4. The molecule has 1 aliphatic rings. The topological polar surface area (TPSA) is 44.4 Å². The van der Waals surface area contributed by atoms with Crippen LogP contribution in [0.15, 0.2) is 78.6 Å². The van der Waals surface area contributed by atoms with Crippen LogP contribution in [0.5, 0.6) is 0 Å². The van der Waals surface area contributed by atoms with E-state index in [4.69, 9.17) is 0 Å². The summed E-state index contributed by atoms with van der Waals surface area (Å²) in [6, 6.07) is 18.9. The van der Waals surface area contributed by atoms with Gasteiger partial charge in [-0.25, -0.2) is 0 Å². The van der Waals surface area contributed by atoms with Crippen LogP contribution in [0.1, 0.15) is 38.3 Å². The van der Waals surface area contributed by atoms with Gasteiger partial charge in [0.25, 0.3) is 0 Å². The third-order valence-corrected chi connectivity index (χ3v) is 6.18. The summed E-state index contributed by atoms with van der Waals surface area (Å²) in [6.07, 6.45) is 8.60. The Hall–Kier alpha value is -3.40. The molecule has 31 heavy (non-hydrogen) atoms. The van der Waals surface area contributed by atoms with Crippen LogP contribution in [0.2, 0.25) is 0 Å². The average Bonchev–Trinajstić information content (AvgIpc) is 2.99. The molecule has 4 rings (SSSR count). The first-order valence-corrected chi connectivity index (χ1v) is 10.8. The number of allylic oxidation sites excluding steroid dienone is 3. The van der Waals surface area contributed by atoms with Crippen molar-refractivity contribution in [3.63, 3.8) is 0 Å². The minimum atomic E-state index is -0.780. The van der Waals surface area contributed by atoms with Gasteiger partial charge in [0.2, 0.25) is 5.52 Å². The fourth-order valence-electron chi connectivity index (χ4n) is 4.56. The molecule has 2 heterocycles. The van der Waals surface area contributed by atoms with Crippen molar-refractivity contribution in [3.8, 4) is 0 Å². The summed E-state index contributed by atoms with van der Waals surface area (Å²) >= 11 is 0. The number of carboxylic acids is 1. The van der Waals surface area contributed by atoms with Crippen molar-refractivity contribution in [1.29, 1.82) is 0 Å². The molecule has 3 aromatic rings.